The fourth-order valence-corrected chi connectivity index (χ4v) is 3.91. The van der Waals surface area contributed by atoms with Gasteiger partial charge in [0.15, 0.2) is 8.32 Å². The number of esters is 1. The van der Waals surface area contributed by atoms with Gasteiger partial charge >= 0.3 is 5.97 Å². The first-order chi connectivity index (χ1) is 10.8. The Morgan fingerprint density at radius 3 is 2.25 bits per heavy atom. The third kappa shape index (κ3) is 7.74. The van der Waals surface area contributed by atoms with Crippen LogP contribution in [0.15, 0.2) is 24.8 Å². The zero-order valence-electron chi connectivity index (χ0n) is 15.7. The molecular formula is C16H30O6SSi. The Morgan fingerprint density at radius 2 is 1.83 bits per heavy atom. The van der Waals surface area contributed by atoms with Crippen LogP contribution in [0.1, 0.15) is 27.7 Å². The molecule has 0 spiro atoms. The molecule has 0 aliphatic carbocycles. The Labute approximate surface area is 147 Å². The van der Waals surface area contributed by atoms with E-state index in [1.54, 1.807) is 6.92 Å². The zero-order valence-corrected chi connectivity index (χ0v) is 17.5. The van der Waals surface area contributed by atoms with Crippen molar-refractivity contribution in [2.24, 2.45) is 0 Å². The molecule has 0 unspecified atom stereocenters. The quantitative estimate of drug-likeness (QED) is 0.202. The average molecular weight is 379 g/mol. The summed E-state index contributed by atoms with van der Waals surface area (Å²) in [5.74, 6) is -0.910. The molecule has 24 heavy (non-hydrogen) atoms. The summed E-state index contributed by atoms with van der Waals surface area (Å²) in [6.45, 7) is 15.5. The van der Waals surface area contributed by atoms with Gasteiger partial charge in [-0.1, -0.05) is 26.8 Å². The summed E-state index contributed by atoms with van der Waals surface area (Å²) in [5, 5.41) is -0.0438. The molecule has 0 saturated carbocycles. The lowest BCUT2D eigenvalue weighted by Crippen LogP contribution is -2.46. The van der Waals surface area contributed by atoms with E-state index in [2.05, 4.69) is 45.2 Å². The molecule has 0 heterocycles. The van der Waals surface area contributed by atoms with Gasteiger partial charge in [0.05, 0.1) is 19.0 Å². The van der Waals surface area contributed by atoms with Crippen LogP contribution in [0.4, 0.5) is 0 Å². The van der Waals surface area contributed by atoms with Crippen molar-refractivity contribution in [1.82, 2.24) is 0 Å². The molecule has 0 radical (unpaired) electrons. The third-order valence-electron chi connectivity index (χ3n) is 3.95. The molecule has 0 aromatic heterocycles. The van der Waals surface area contributed by atoms with Crippen LogP contribution in [0, 0.1) is 0 Å². The second kappa shape index (κ2) is 8.94. The minimum absolute atomic E-state index is 0.0438. The standard InChI is InChI=1S/C16H30O6SSi/c1-9-12-23(18,19)21-14(10-11-15(17)20-6)13(2)22-24(7,8)16(3,4)5/h9-11,13-14H,1,12H2,2-8H3/b11-10+/t13-,14+/m1/s1. The van der Waals surface area contributed by atoms with Gasteiger partial charge in [0.2, 0.25) is 0 Å². The largest absolute Gasteiger partial charge is 0.466 e. The van der Waals surface area contributed by atoms with Crippen molar-refractivity contribution >= 4 is 24.4 Å². The highest BCUT2D eigenvalue weighted by atomic mass is 32.2. The number of hydrogen-bond donors (Lipinski definition) is 0. The molecule has 0 aliphatic heterocycles. The monoisotopic (exact) mass is 378 g/mol. The average Bonchev–Trinajstić information content (AvgIpc) is 2.40. The van der Waals surface area contributed by atoms with Crippen molar-refractivity contribution in [2.75, 3.05) is 12.9 Å². The lowest BCUT2D eigenvalue weighted by Gasteiger charge is -2.39. The maximum absolute atomic E-state index is 11.9. The highest BCUT2D eigenvalue weighted by Crippen LogP contribution is 2.37. The molecule has 140 valence electrons. The smallest absolute Gasteiger partial charge is 0.330 e. The van der Waals surface area contributed by atoms with Crippen LogP contribution in [-0.2, 0) is 28.3 Å². The molecule has 6 nitrogen and oxygen atoms in total. The fourth-order valence-electron chi connectivity index (χ4n) is 1.57. The Bertz CT molecular complexity index is 560. The molecule has 0 aromatic carbocycles. The normalized spacial score (nSPS) is 16.0. The second-order valence-electron chi connectivity index (χ2n) is 7.04. The van der Waals surface area contributed by atoms with Crippen LogP contribution < -0.4 is 0 Å². The van der Waals surface area contributed by atoms with E-state index in [-0.39, 0.29) is 10.8 Å². The summed E-state index contributed by atoms with van der Waals surface area (Å²) in [5.41, 5.74) is 0. The van der Waals surface area contributed by atoms with Gasteiger partial charge in [0.1, 0.15) is 6.10 Å². The van der Waals surface area contributed by atoms with E-state index in [0.717, 1.165) is 6.08 Å². The van der Waals surface area contributed by atoms with Crippen molar-refractivity contribution in [2.45, 2.75) is 58.0 Å². The molecule has 8 heteroatoms. The molecule has 0 aliphatic rings. The maximum atomic E-state index is 11.9. The molecule has 2 atom stereocenters. The predicted molar refractivity (Wildman–Crippen MR) is 97.8 cm³/mol. The Morgan fingerprint density at radius 1 is 1.29 bits per heavy atom. The molecule has 0 N–H and O–H groups in total. The van der Waals surface area contributed by atoms with Gasteiger partial charge in [0.25, 0.3) is 10.1 Å². The van der Waals surface area contributed by atoms with E-state index in [1.807, 2.05) is 0 Å². The van der Waals surface area contributed by atoms with Crippen LogP contribution in [0.2, 0.25) is 18.1 Å². The van der Waals surface area contributed by atoms with Gasteiger partial charge in [-0.05, 0) is 31.1 Å². The maximum Gasteiger partial charge on any atom is 0.330 e. The first-order valence-corrected chi connectivity index (χ1v) is 12.2. The van der Waals surface area contributed by atoms with E-state index < -0.39 is 36.6 Å². The van der Waals surface area contributed by atoms with Crippen LogP contribution >= 0.6 is 0 Å². The Hall–Kier alpha value is -0.963. The number of carbonyl (C=O) groups excluding carboxylic acids is 1. The number of hydrogen-bond acceptors (Lipinski definition) is 6. The minimum Gasteiger partial charge on any atom is -0.466 e. The molecule has 0 aromatic rings. The second-order valence-corrected chi connectivity index (χ2v) is 13.4. The minimum atomic E-state index is -3.81. The summed E-state index contributed by atoms with van der Waals surface area (Å²) >= 11 is 0. The predicted octanol–water partition coefficient (Wildman–Crippen LogP) is 3.03. The molecule has 0 bridgehead atoms. The van der Waals surface area contributed by atoms with E-state index >= 15 is 0 Å². The zero-order chi connectivity index (χ0) is 19.2. The number of rotatable bonds is 9. The topological polar surface area (TPSA) is 78.9 Å². The van der Waals surface area contributed by atoms with Gasteiger partial charge in [-0.15, -0.1) is 6.58 Å². The summed E-state index contributed by atoms with van der Waals surface area (Å²) < 4.78 is 39.8. The Balaban J connectivity index is 5.41. The van der Waals surface area contributed by atoms with Gasteiger partial charge < -0.3 is 9.16 Å². The highest BCUT2D eigenvalue weighted by Gasteiger charge is 2.40. The molecule has 0 saturated heterocycles. The number of ether oxygens (including phenoxy) is 1. The lowest BCUT2D eigenvalue weighted by molar-refractivity contribution is -0.134. The van der Waals surface area contributed by atoms with Gasteiger partial charge in [-0.2, -0.15) is 8.42 Å². The summed E-state index contributed by atoms with van der Waals surface area (Å²) in [7, 11) is -4.70. The van der Waals surface area contributed by atoms with Crippen molar-refractivity contribution in [1.29, 1.82) is 0 Å². The van der Waals surface area contributed by atoms with Crippen LogP contribution in [0.25, 0.3) is 0 Å². The summed E-state index contributed by atoms with van der Waals surface area (Å²) in [4.78, 5) is 11.3. The lowest BCUT2D eigenvalue weighted by atomic mass is 10.2. The molecule has 0 fully saturated rings. The van der Waals surface area contributed by atoms with E-state index in [1.165, 1.54) is 19.3 Å². The van der Waals surface area contributed by atoms with Crippen molar-refractivity contribution in [3.05, 3.63) is 24.8 Å². The van der Waals surface area contributed by atoms with Crippen molar-refractivity contribution in [3.63, 3.8) is 0 Å². The van der Waals surface area contributed by atoms with Crippen molar-refractivity contribution in [3.8, 4) is 0 Å². The third-order valence-corrected chi connectivity index (χ3v) is 9.69. The van der Waals surface area contributed by atoms with Crippen molar-refractivity contribution < 1.29 is 26.6 Å². The Kier molecular flexibility index (Phi) is 8.58. The molecule has 0 rings (SSSR count). The fraction of sp³-hybridized carbons (Fsp3) is 0.688. The van der Waals surface area contributed by atoms with Gasteiger partial charge in [-0.25, -0.2) is 4.79 Å². The molecule has 0 amide bonds. The first kappa shape index (κ1) is 23.0. The SMILES string of the molecule is C=CCS(=O)(=O)O[C@@H](/C=C/C(=O)OC)[C@@H](C)O[Si](C)(C)C(C)(C)C. The highest BCUT2D eigenvalue weighted by molar-refractivity contribution is 7.86. The molecular weight excluding hydrogens is 348 g/mol. The van der Waals surface area contributed by atoms with E-state index in [0.29, 0.717) is 0 Å². The van der Waals surface area contributed by atoms with Gasteiger partial charge in [0, 0.05) is 6.08 Å². The van der Waals surface area contributed by atoms with E-state index in [4.69, 9.17) is 8.61 Å². The summed E-state index contributed by atoms with van der Waals surface area (Å²) in [6.07, 6.45) is 2.26. The van der Waals surface area contributed by atoms with Gasteiger partial charge in [-0.3, -0.25) is 4.18 Å². The van der Waals surface area contributed by atoms with Crippen LogP contribution in [0.3, 0.4) is 0 Å². The summed E-state index contributed by atoms with van der Waals surface area (Å²) in [6, 6.07) is 0. The van der Waals surface area contributed by atoms with Crippen LogP contribution in [0.5, 0.6) is 0 Å². The number of carbonyl (C=O) groups is 1. The first-order valence-electron chi connectivity index (χ1n) is 7.71. The van der Waals surface area contributed by atoms with E-state index in [9.17, 15) is 13.2 Å². The number of methoxy groups -OCH3 is 1. The van der Waals surface area contributed by atoms with Crippen LogP contribution in [-0.4, -0.2) is 47.8 Å².